The SMILES string of the molecule is CC(C)(C)OC(=O)NC/C=C(\F)CSc1cccc(C(=O)O)c1. The van der Waals surface area contributed by atoms with E-state index in [1.165, 1.54) is 30.0 Å². The van der Waals surface area contributed by atoms with Gasteiger partial charge in [0, 0.05) is 17.2 Å². The molecule has 0 fully saturated rings. The molecule has 7 heteroatoms. The first kappa shape index (κ1) is 19.0. The number of carboxylic acid groups (broad SMARTS) is 1. The van der Waals surface area contributed by atoms with Crippen LogP contribution in [0.4, 0.5) is 9.18 Å². The number of benzene rings is 1. The molecule has 1 rings (SSSR count). The number of hydrogen-bond acceptors (Lipinski definition) is 4. The van der Waals surface area contributed by atoms with Gasteiger partial charge in [0.25, 0.3) is 0 Å². The highest BCUT2D eigenvalue weighted by molar-refractivity contribution is 7.99. The lowest BCUT2D eigenvalue weighted by Gasteiger charge is -2.19. The molecule has 126 valence electrons. The number of aromatic carboxylic acids is 1. The van der Waals surface area contributed by atoms with Crippen molar-refractivity contribution in [2.24, 2.45) is 0 Å². The van der Waals surface area contributed by atoms with Crippen molar-refractivity contribution in [2.75, 3.05) is 12.3 Å². The van der Waals surface area contributed by atoms with Gasteiger partial charge in [0.15, 0.2) is 0 Å². The predicted octanol–water partition coefficient (Wildman–Crippen LogP) is 3.86. The van der Waals surface area contributed by atoms with Crippen LogP contribution >= 0.6 is 11.8 Å². The van der Waals surface area contributed by atoms with E-state index in [9.17, 15) is 14.0 Å². The van der Waals surface area contributed by atoms with Gasteiger partial charge in [-0.05, 0) is 45.0 Å². The summed E-state index contributed by atoms with van der Waals surface area (Å²) in [6.45, 7) is 5.25. The Labute approximate surface area is 138 Å². The smallest absolute Gasteiger partial charge is 0.407 e. The van der Waals surface area contributed by atoms with Crippen molar-refractivity contribution >= 4 is 23.8 Å². The number of halogens is 1. The third kappa shape index (κ3) is 8.25. The molecule has 1 amide bonds. The average molecular weight is 341 g/mol. The largest absolute Gasteiger partial charge is 0.478 e. The molecule has 0 aliphatic heterocycles. The Morgan fingerprint density at radius 2 is 2.09 bits per heavy atom. The lowest BCUT2D eigenvalue weighted by atomic mass is 10.2. The van der Waals surface area contributed by atoms with Gasteiger partial charge < -0.3 is 15.2 Å². The molecule has 0 unspecified atom stereocenters. The van der Waals surface area contributed by atoms with Crippen LogP contribution in [0.3, 0.4) is 0 Å². The van der Waals surface area contributed by atoms with Gasteiger partial charge in [-0.15, -0.1) is 11.8 Å². The number of ether oxygens (including phenoxy) is 1. The minimum atomic E-state index is -1.02. The molecule has 0 heterocycles. The van der Waals surface area contributed by atoms with E-state index in [-0.39, 0.29) is 17.9 Å². The quantitative estimate of drug-likeness (QED) is 0.769. The van der Waals surface area contributed by atoms with Crippen LogP contribution < -0.4 is 5.32 Å². The van der Waals surface area contributed by atoms with E-state index >= 15 is 0 Å². The third-order valence-electron chi connectivity index (χ3n) is 2.43. The molecule has 0 aromatic heterocycles. The van der Waals surface area contributed by atoms with Gasteiger partial charge in [0.2, 0.25) is 0 Å². The van der Waals surface area contributed by atoms with Gasteiger partial charge >= 0.3 is 12.1 Å². The fourth-order valence-corrected chi connectivity index (χ4v) is 2.30. The molecule has 0 saturated carbocycles. The molecule has 0 aliphatic carbocycles. The molecule has 0 aliphatic rings. The Hall–Kier alpha value is -2.02. The van der Waals surface area contributed by atoms with E-state index in [1.54, 1.807) is 32.9 Å². The molecule has 1 aromatic rings. The summed E-state index contributed by atoms with van der Waals surface area (Å²) < 4.78 is 18.7. The number of thioether (sulfide) groups is 1. The Morgan fingerprint density at radius 1 is 1.39 bits per heavy atom. The summed E-state index contributed by atoms with van der Waals surface area (Å²) in [5, 5.41) is 11.3. The lowest BCUT2D eigenvalue weighted by molar-refractivity contribution is 0.0533. The van der Waals surface area contributed by atoms with Crippen molar-refractivity contribution in [2.45, 2.75) is 31.3 Å². The van der Waals surface area contributed by atoms with Crippen molar-refractivity contribution in [1.82, 2.24) is 5.32 Å². The summed E-state index contributed by atoms with van der Waals surface area (Å²) >= 11 is 1.18. The lowest BCUT2D eigenvalue weighted by Crippen LogP contribution is -2.32. The van der Waals surface area contributed by atoms with Gasteiger partial charge in [-0.1, -0.05) is 6.07 Å². The van der Waals surface area contributed by atoms with E-state index in [4.69, 9.17) is 9.84 Å². The molecule has 5 nitrogen and oxygen atoms in total. The van der Waals surface area contributed by atoms with Crippen molar-refractivity contribution in [3.05, 3.63) is 41.7 Å². The summed E-state index contributed by atoms with van der Waals surface area (Å²) in [7, 11) is 0. The minimum absolute atomic E-state index is 0.0243. The van der Waals surface area contributed by atoms with Crippen LogP contribution in [0, 0.1) is 0 Å². The Bertz CT molecular complexity index is 596. The fourth-order valence-electron chi connectivity index (χ4n) is 1.49. The topological polar surface area (TPSA) is 75.6 Å². The molecule has 0 radical (unpaired) electrons. The minimum Gasteiger partial charge on any atom is -0.478 e. The zero-order valence-corrected chi connectivity index (χ0v) is 14.1. The second-order valence-electron chi connectivity index (χ2n) is 5.66. The zero-order valence-electron chi connectivity index (χ0n) is 13.3. The van der Waals surface area contributed by atoms with Crippen molar-refractivity contribution in [3.8, 4) is 0 Å². The number of rotatable bonds is 6. The molecule has 0 spiro atoms. The Kier molecular flexibility index (Phi) is 7.09. The van der Waals surface area contributed by atoms with E-state index in [1.807, 2.05) is 0 Å². The van der Waals surface area contributed by atoms with Crippen molar-refractivity contribution < 1.29 is 23.8 Å². The normalized spacial score (nSPS) is 11.9. The molecule has 0 atom stereocenters. The Morgan fingerprint density at radius 3 is 2.70 bits per heavy atom. The second-order valence-corrected chi connectivity index (χ2v) is 6.70. The first-order valence-corrected chi connectivity index (χ1v) is 7.93. The van der Waals surface area contributed by atoms with E-state index < -0.39 is 23.5 Å². The summed E-state index contributed by atoms with van der Waals surface area (Å²) in [4.78, 5) is 22.9. The van der Waals surface area contributed by atoms with Gasteiger partial charge in [-0.25, -0.2) is 14.0 Å². The molecular weight excluding hydrogens is 321 g/mol. The molecule has 23 heavy (non-hydrogen) atoms. The Balaban J connectivity index is 2.41. The van der Waals surface area contributed by atoms with Gasteiger partial charge in [-0.2, -0.15) is 0 Å². The number of alkyl carbamates (subject to hydrolysis) is 1. The standard InChI is InChI=1S/C16H20FNO4S/c1-16(2,3)22-15(21)18-8-7-12(17)10-23-13-6-4-5-11(9-13)14(19)20/h4-7,9H,8,10H2,1-3H3,(H,18,21)(H,19,20)/b12-7-. The highest BCUT2D eigenvalue weighted by atomic mass is 32.2. The number of carbonyl (C=O) groups is 2. The molecule has 0 bridgehead atoms. The summed E-state index contributed by atoms with van der Waals surface area (Å²) in [6, 6.07) is 6.28. The summed E-state index contributed by atoms with van der Waals surface area (Å²) in [5.41, 5.74) is -0.442. The maximum Gasteiger partial charge on any atom is 0.407 e. The number of carboxylic acids is 1. The van der Waals surface area contributed by atoms with E-state index in [0.717, 1.165) is 0 Å². The maximum atomic E-state index is 13.7. The molecule has 2 N–H and O–H groups in total. The van der Waals surface area contributed by atoms with Gasteiger partial charge in [0.05, 0.1) is 5.56 Å². The van der Waals surface area contributed by atoms with E-state index in [2.05, 4.69) is 5.32 Å². The van der Waals surface area contributed by atoms with Crippen molar-refractivity contribution in [3.63, 3.8) is 0 Å². The molecular formula is C16H20FNO4S. The van der Waals surface area contributed by atoms with Crippen LogP contribution in [0.2, 0.25) is 0 Å². The monoisotopic (exact) mass is 341 g/mol. The summed E-state index contributed by atoms with van der Waals surface area (Å²) in [5.74, 6) is -1.38. The third-order valence-corrected chi connectivity index (χ3v) is 3.43. The highest BCUT2D eigenvalue weighted by Crippen LogP contribution is 2.22. The first-order chi connectivity index (χ1) is 10.7. The van der Waals surface area contributed by atoms with Crippen molar-refractivity contribution in [1.29, 1.82) is 0 Å². The fraction of sp³-hybridized carbons (Fsp3) is 0.375. The van der Waals surface area contributed by atoms with Crippen LogP contribution in [0.5, 0.6) is 0 Å². The van der Waals surface area contributed by atoms with Crippen LogP contribution in [-0.2, 0) is 4.74 Å². The van der Waals surface area contributed by atoms with E-state index in [0.29, 0.717) is 4.90 Å². The molecule has 1 aromatic carbocycles. The van der Waals surface area contributed by atoms with Crippen LogP contribution in [0.1, 0.15) is 31.1 Å². The maximum absolute atomic E-state index is 13.7. The molecule has 0 saturated heterocycles. The van der Waals surface area contributed by atoms with Gasteiger partial charge in [-0.3, -0.25) is 0 Å². The van der Waals surface area contributed by atoms with Gasteiger partial charge in [0.1, 0.15) is 11.4 Å². The number of hydrogen-bond donors (Lipinski definition) is 2. The average Bonchev–Trinajstić information content (AvgIpc) is 2.43. The number of amides is 1. The van der Waals surface area contributed by atoms with Crippen LogP contribution in [-0.4, -0.2) is 35.1 Å². The van der Waals surface area contributed by atoms with Crippen LogP contribution in [0.15, 0.2) is 41.1 Å². The highest BCUT2D eigenvalue weighted by Gasteiger charge is 2.15. The number of nitrogens with one attached hydrogen (secondary N) is 1. The predicted molar refractivity (Wildman–Crippen MR) is 87.6 cm³/mol. The zero-order chi connectivity index (χ0) is 17.5. The van der Waals surface area contributed by atoms with Crippen LogP contribution in [0.25, 0.3) is 0 Å². The number of carbonyl (C=O) groups excluding carboxylic acids is 1. The first-order valence-electron chi connectivity index (χ1n) is 6.95. The summed E-state index contributed by atoms with van der Waals surface area (Å²) in [6.07, 6.45) is 0.640. The second kappa shape index (κ2) is 8.57.